The quantitative estimate of drug-likeness (QED) is 0.769. The molecule has 0 fully saturated rings. The maximum atomic E-state index is 11.5. The van der Waals surface area contributed by atoms with E-state index in [1.54, 1.807) is 24.3 Å². The smallest absolute Gasteiger partial charge is 0.233 e. The number of benzene rings is 1. The molecule has 0 aliphatic rings. The van der Waals surface area contributed by atoms with Gasteiger partial charge in [0.25, 0.3) is 0 Å². The van der Waals surface area contributed by atoms with Gasteiger partial charge in [-0.25, -0.2) is 0 Å². The van der Waals surface area contributed by atoms with Crippen LogP contribution in [0.4, 0.5) is 5.69 Å². The van der Waals surface area contributed by atoms with Crippen molar-refractivity contribution in [1.29, 1.82) is 5.26 Å². The van der Waals surface area contributed by atoms with E-state index < -0.39 is 5.91 Å². The second-order valence-electron chi connectivity index (χ2n) is 3.77. The van der Waals surface area contributed by atoms with Gasteiger partial charge in [0, 0.05) is 12.2 Å². The topological polar surface area (TPSA) is 82.0 Å². The van der Waals surface area contributed by atoms with Gasteiger partial charge < -0.3 is 10.6 Å². The fraction of sp³-hybridized carbons (Fsp3) is 0.308. The Balaban J connectivity index is 2.49. The molecule has 0 aliphatic carbocycles. The highest BCUT2D eigenvalue weighted by molar-refractivity contribution is 6.03. The molecule has 5 nitrogen and oxygen atoms in total. The molecule has 0 bridgehead atoms. The number of carbonyl (C=O) groups is 2. The average Bonchev–Trinajstić information content (AvgIpc) is 2.36. The van der Waals surface area contributed by atoms with Gasteiger partial charge in [-0.3, -0.25) is 9.59 Å². The van der Waals surface area contributed by atoms with Crippen molar-refractivity contribution in [3.05, 3.63) is 29.8 Å². The first-order valence-corrected chi connectivity index (χ1v) is 5.72. The van der Waals surface area contributed by atoms with Crippen LogP contribution in [0, 0.1) is 11.3 Å². The third kappa shape index (κ3) is 4.66. The summed E-state index contributed by atoms with van der Waals surface area (Å²) in [6.45, 7) is 2.50. The van der Waals surface area contributed by atoms with Gasteiger partial charge in [-0.1, -0.05) is 13.0 Å². The van der Waals surface area contributed by atoms with Crippen LogP contribution in [0.1, 0.15) is 25.3 Å². The maximum Gasteiger partial charge on any atom is 0.233 e. The van der Waals surface area contributed by atoms with Crippen LogP contribution in [0.5, 0.6) is 0 Å². The second kappa shape index (κ2) is 7.07. The Labute approximate surface area is 106 Å². The molecule has 18 heavy (non-hydrogen) atoms. The molecule has 0 saturated heterocycles. The summed E-state index contributed by atoms with van der Waals surface area (Å²) in [6.07, 6.45) is 0.619. The van der Waals surface area contributed by atoms with Crippen LogP contribution in [-0.2, 0) is 9.59 Å². The van der Waals surface area contributed by atoms with Crippen LogP contribution >= 0.6 is 0 Å². The third-order valence-electron chi connectivity index (χ3n) is 2.17. The predicted molar refractivity (Wildman–Crippen MR) is 67.7 cm³/mol. The Morgan fingerprint density at radius 3 is 2.78 bits per heavy atom. The molecule has 0 aliphatic heterocycles. The lowest BCUT2D eigenvalue weighted by atomic mass is 10.2. The van der Waals surface area contributed by atoms with Gasteiger partial charge in [-0.05, 0) is 24.6 Å². The van der Waals surface area contributed by atoms with Crippen molar-refractivity contribution in [2.75, 3.05) is 11.9 Å². The van der Waals surface area contributed by atoms with Gasteiger partial charge in [-0.2, -0.15) is 5.26 Å². The molecule has 0 atom stereocenters. The molecule has 2 N–H and O–H groups in total. The summed E-state index contributed by atoms with van der Waals surface area (Å²) >= 11 is 0. The fourth-order valence-electron chi connectivity index (χ4n) is 1.34. The number of nitriles is 1. The Morgan fingerprint density at radius 1 is 1.33 bits per heavy atom. The van der Waals surface area contributed by atoms with E-state index in [0.29, 0.717) is 17.8 Å². The molecular formula is C13H15N3O2. The van der Waals surface area contributed by atoms with Crippen LogP contribution in [0.2, 0.25) is 0 Å². The molecule has 5 heteroatoms. The van der Waals surface area contributed by atoms with E-state index in [1.165, 1.54) is 0 Å². The van der Waals surface area contributed by atoms with Crippen molar-refractivity contribution in [1.82, 2.24) is 5.32 Å². The number of nitrogens with one attached hydrogen (secondary N) is 2. The summed E-state index contributed by atoms with van der Waals surface area (Å²) in [5, 5.41) is 13.9. The number of rotatable bonds is 5. The minimum Gasteiger partial charge on any atom is -0.356 e. The van der Waals surface area contributed by atoms with Gasteiger partial charge in [0.1, 0.15) is 6.42 Å². The summed E-state index contributed by atoms with van der Waals surface area (Å²) in [4.78, 5) is 22.8. The highest BCUT2D eigenvalue weighted by Gasteiger charge is 2.08. The molecule has 0 aromatic heterocycles. The van der Waals surface area contributed by atoms with Crippen molar-refractivity contribution in [3.63, 3.8) is 0 Å². The normalized spacial score (nSPS) is 9.33. The minimum atomic E-state index is -0.390. The summed E-state index contributed by atoms with van der Waals surface area (Å²) < 4.78 is 0. The Bertz CT molecular complexity index is 477. The average molecular weight is 245 g/mol. The standard InChI is InChI=1S/C13H15N3O2/c1-2-6-15-12(17)8-13(18)16-11-5-3-4-10(7-11)9-14/h3-5,7H,2,6,8H2,1H3,(H,15,17)(H,16,18). The maximum absolute atomic E-state index is 11.5. The lowest BCUT2D eigenvalue weighted by molar-refractivity contribution is -0.126. The highest BCUT2D eigenvalue weighted by atomic mass is 16.2. The van der Waals surface area contributed by atoms with Gasteiger partial charge >= 0.3 is 0 Å². The van der Waals surface area contributed by atoms with E-state index in [1.807, 2.05) is 13.0 Å². The first kappa shape index (κ1) is 13.7. The van der Waals surface area contributed by atoms with Gasteiger partial charge in [-0.15, -0.1) is 0 Å². The van der Waals surface area contributed by atoms with Gasteiger partial charge in [0.15, 0.2) is 0 Å². The van der Waals surface area contributed by atoms with Crippen LogP contribution in [0.15, 0.2) is 24.3 Å². The third-order valence-corrected chi connectivity index (χ3v) is 2.17. The molecule has 94 valence electrons. The summed E-state index contributed by atoms with van der Waals surface area (Å²) in [5.74, 6) is -0.690. The zero-order valence-electron chi connectivity index (χ0n) is 10.2. The molecule has 1 aromatic rings. The fourth-order valence-corrected chi connectivity index (χ4v) is 1.34. The molecule has 0 spiro atoms. The molecule has 0 unspecified atom stereocenters. The van der Waals surface area contributed by atoms with E-state index in [9.17, 15) is 9.59 Å². The number of anilines is 1. The molecule has 0 saturated carbocycles. The Kier molecular flexibility index (Phi) is 5.39. The number of carbonyl (C=O) groups excluding carboxylic acids is 2. The van der Waals surface area contributed by atoms with E-state index in [-0.39, 0.29) is 12.3 Å². The van der Waals surface area contributed by atoms with Gasteiger partial charge in [0.05, 0.1) is 11.6 Å². The van der Waals surface area contributed by atoms with Crippen LogP contribution in [-0.4, -0.2) is 18.4 Å². The minimum absolute atomic E-state index is 0.212. The lowest BCUT2D eigenvalue weighted by Crippen LogP contribution is -2.28. The zero-order valence-corrected chi connectivity index (χ0v) is 10.2. The van der Waals surface area contributed by atoms with Crippen molar-refractivity contribution >= 4 is 17.5 Å². The van der Waals surface area contributed by atoms with Crippen molar-refractivity contribution in [2.24, 2.45) is 0 Å². The summed E-state index contributed by atoms with van der Waals surface area (Å²) in [5.41, 5.74) is 0.977. The molecule has 0 heterocycles. The SMILES string of the molecule is CCCNC(=O)CC(=O)Nc1cccc(C#N)c1. The lowest BCUT2D eigenvalue weighted by Gasteiger charge is -2.05. The van der Waals surface area contributed by atoms with Crippen molar-refractivity contribution in [2.45, 2.75) is 19.8 Å². The number of hydrogen-bond donors (Lipinski definition) is 2. The molecule has 1 rings (SSSR count). The molecule has 0 radical (unpaired) electrons. The van der Waals surface area contributed by atoms with E-state index in [2.05, 4.69) is 10.6 Å². The largest absolute Gasteiger partial charge is 0.356 e. The Morgan fingerprint density at radius 2 is 2.11 bits per heavy atom. The summed E-state index contributed by atoms with van der Waals surface area (Å²) in [7, 11) is 0. The predicted octanol–water partition coefficient (Wildman–Crippen LogP) is 1.41. The van der Waals surface area contributed by atoms with E-state index in [4.69, 9.17) is 5.26 Å². The molecule has 2 amide bonds. The monoisotopic (exact) mass is 245 g/mol. The Hall–Kier alpha value is -2.35. The number of hydrogen-bond acceptors (Lipinski definition) is 3. The van der Waals surface area contributed by atoms with Crippen molar-refractivity contribution in [3.8, 4) is 6.07 Å². The highest BCUT2D eigenvalue weighted by Crippen LogP contribution is 2.09. The summed E-state index contributed by atoms with van der Waals surface area (Å²) in [6, 6.07) is 8.52. The van der Waals surface area contributed by atoms with Gasteiger partial charge in [0.2, 0.25) is 11.8 Å². The van der Waals surface area contributed by atoms with Crippen LogP contribution < -0.4 is 10.6 Å². The number of amides is 2. The van der Waals surface area contributed by atoms with Crippen LogP contribution in [0.3, 0.4) is 0 Å². The first-order valence-electron chi connectivity index (χ1n) is 5.72. The first-order chi connectivity index (χ1) is 8.65. The van der Waals surface area contributed by atoms with E-state index in [0.717, 1.165) is 6.42 Å². The zero-order chi connectivity index (χ0) is 13.4. The number of nitrogens with zero attached hydrogens (tertiary/aromatic N) is 1. The second-order valence-corrected chi connectivity index (χ2v) is 3.77. The van der Waals surface area contributed by atoms with E-state index >= 15 is 0 Å². The molecule has 1 aromatic carbocycles. The van der Waals surface area contributed by atoms with Crippen LogP contribution in [0.25, 0.3) is 0 Å². The van der Waals surface area contributed by atoms with Crippen molar-refractivity contribution < 1.29 is 9.59 Å². The molecular weight excluding hydrogens is 230 g/mol.